The minimum atomic E-state index is -0.316. The van der Waals surface area contributed by atoms with Crippen LogP contribution in [0.4, 0.5) is 0 Å². The van der Waals surface area contributed by atoms with Crippen LogP contribution < -0.4 is 0 Å². The van der Waals surface area contributed by atoms with Crippen molar-refractivity contribution in [2.45, 2.75) is 32.6 Å². The molecule has 3 aromatic carbocycles. The first-order valence-electron chi connectivity index (χ1n) is 19.0. The molecule has 10 rings (SSSR count). The standard InChI is InChI=1S/C49H41I2N3/c1-32-27-36(21-24-39(32)34-13-5-3-6-14-34)53(38-23-26-44(50-30-38)35-15-7-4-8-16-35)37-22-25-40(33(2)28-37)45-29-46-48(31-51-45)54-47-20-12-11-18-42(47)41-17-9-10-19-43(41)49(54)52-46/h3-7,9-15,17-33,39-40H,8,16H2,1-2H3/t32-,33+,39?,40?/m1/s1. The first-order chi connectivity index (χ1) is 26.6. The number of pyridine rings is 1. The predicted molar refractivity (Wildman–Crippen MR) is 247 cm³/mol. The number of fused-ring (bicyclic) bond motifs is 8. The lowest BCUT2D eigenvalue weighted by Gasteiger charge is -2.35. The zero-order valence-electron chi connectivity index (χ0n) is 30.4. The van der Waals surface area contributed by atoms with Crippen molar-refractivity contribution in [1.82, 2.24) is 14.3 Å². The van der Waals surface area contributed by atoms with E-state index < -0.39 is 0 Å². The molecule has 5 aliphatic rings. The number of nitrogens with zero attached hydrogens (tertiary/aromatic N) is 3. The SMILES string of the molecule is C[C@@H]1C=C(N(C2=CI=C(C3=CC=CCC3)C=C2)C2=C[C@H](C)C(C3=Cc4nc5c6ccccc6c6ccccc6n5c4C=I3)C=C2)C=CC1c1ccccc1. The molecule has 54 heavy (non-hydrogen) atoms. The fraction of sp³-hybridized carbons (Fsp3) is 0.163. The van der Waals surface area contributed by atoms with Crippen LogP contribution in [0.5, 0.6) is 0 Å². The summed E-state index contributed by atoms with van der Waals surface area (Å²) in [6.07, 6.45) is 31.0. The van der Waals surface area contributed by atoms with E-state index in [1.165, 1.54) is 59.2 Å². The predicted octanol–water partition coefficient (Wildman–Crippen LogP) is 12.8. The zero-order chi connectivity index (χ0) is 36.2. The number of aromatic nitrogens is 2. The van der Waals surface area contributed by atoms with Gasteiger partial charge in [-0.2, -0.15) is 0 Å². The van der Waals surface area contributed by atoms with Crippen LogP contribution in [0.2, 0.25) is 0 Å². The Morgan fingerprint density at radius 1 is 0.741 bits per heavy atom. The average Bonchev–Trinajstić information content (AvgIpc) is 3.62. The molecule has 0 N–H and O–H groups in total. The molecule has 3 nitrogen and oxygen atoms in total. The Balaban J connectivity index is 0.995. The first kappa shape index (κ1) is 34.1. The highest BCUT2D eigenvalue weighted by Crippen LogP contribution is 2.43. The van der Waals surface area contributed by atoms with Gasteiger partial charge < -0.3 is 4.90 Å². The number of rotatable bonds is 6. The van der Waals surface area contributed by atoms with Crippen LogP contribution in [0.15, 0.2) is 176 Å². The first-order valence-corrected chi connectivity index (χ1v) is 23.7. The summed E-state index contributed by atoms with van der Waals surface area (Å²) in [5.74, 6) is 1.49. The third kappa shape index (κ3) is 6.04. The molecule has 0 bridgehead atoms. The van der Waals surface area contributed by atoms with Gasteiger partial charge in [-0.25, -0.2) is 4.98 Å². The van der Waals surface area contributed by atoms with Crippen LogP contribution in [-0.4, -0.2) is 21.8 Å². The summed E-state index contributed by atoms with van der Waals surface area (Å²) in [6.45, 7) is 4.77. The van der Waals surface area contributed by atoms with Crippen LogP contribution >= 0.6 is 41.5 Å². The molecule has 5 heteroatoms. The minimum absolute atomic E-state index is 0.237. The summed E-state index contributed by atoms with van der Waals surface area (Å²) in [5.41, 5.74) is 11.4. The molecule has 0 radical (unpaired) electrons. The van der Waals surface area contributed by atoms with Gasteiger partial charge in [0.1, 0.15) is 5.65 Å². The van der Waals surface area contributed by atoms with Gasteiger partial charge in [-0.1, -0.05) is 171 Å². The molecule has 266 valence electrons. The molecule has 0 saturated carbocycles. The van der Waals surface area contributed by atoms with E-state index in [1.807, 2.05) is 0 Å². The molecule has 0 saturated heterocycles. The molecule has 5 aromatic rings. The highest BCUT2D eigenvalue weighted by Gasteiger charge is 2.29. The van der Waals surface area contributed by atoms with Crippen molar-refractivity contribution < 1.29 is 0 Å². The summed E-state index contributed by atoms with van der Waals surface area (Å²) >= 11 is -0.554. The highest BCUT2D eigenvalue weighted by molar-refractivity contribution is 14.2. The highest BCUT2D eigenvalue weighted by atomic mass is 127. The molecule has 4 atom stereocenters. The van der Waals surface area contributed by atoms with Gasteiger partial charge in [0.2, 0.25) is 0 Å². The summed E-state index contributed by atoms with van der Waals surface area (Å²) < 4.78 is 10.6. The van der Waals surface area contributed by atoms with Crippen molar-refractivity contribution in [1.29, 1.82) is 0 Å². The quantitative estimate of drug-likeness (QED) is 0.125. The van der Waals surface area contributed by atoms with Crippen LogP contribution in [0.25, 0.3) is 33.4 Å². The Morgan fingerprint density at radius 3 is 2.19 bits per heavy atom. The molecule has 0 amide bonds. The van der Waals surface area contributed by atoms with Crippen LogP contribution in [0, 0.1) is 17.8 Å². The van der Waals surface area contributed by atoms with Gasteiger partial charge in [0.15, 0.2) is 0 Å². The summed E-state index contributed by atoms with van der Waals surface area (Å²) in [7, 11) is 0. The second-order valence-electron chi connectivity index (χ2n) is 14.8. The number of imidazole rings is 1. The van der Waals surface area contributed by atoms with E-state index in [4.69, 9.17) is 4.98 Å². The van der Waals surface area contributed by atoms with Crippen molar-refractivity contribution in [2.75, 3.05) is 0 Å². The number of hydrogen-bond acceptors (Lipinski definition) is 2. The monoisotopic (exact) mass is 925 g/mol. The Labute approximate surface area is 337 Å². The second-order valence-corrected chi connectivity index (χ2v) is 19.7. The number of allylic oxidation sites excluding steroid dienone is 13. The van der Waals surface area contributed by atoms with E-state index in [0.717, 1.165) is 24.2 Å². The summed E-state index contributed by atoms with van der Waals surface area (Å²) in [5, 5.41) is 3.76. The molecule has 2 aliphatic heterocycles. The summed E-state index contributed by atoms with van der Waals surface area (Å²) in [6, 6.07) is 28.5. The number of hydrogen-bond donors (Lipinski definition) is 0. The van der Waals surface area contributed by atoms with Gasteiger partial charge in [-0.3, -0.25) is 4.40 Å². The topological polar surface area (TPSA) is 20.5 Å². The maximum absolute atomic E-state index is 5.33. The third-order valence-corrected chi connectivity index (χ3v) is 16.7. The maximum Gasteiger partial charge on any atom is 0.146 e. The Kier molecular flexibility index (Phi) is 9.02. The Morgan fingerprint density at radius 2 is 1.46 bits per heavy atom. The Hall–Kier alpha value is -4.47. The van der Waals surface area contributed by atoms with Crippen molar-refractivity contribution >= 4 is 82.4 Å². The fourth-order valence-electron chi connectivity index (χ4n) is 8.58. The fourth-order valence-corrected chi connectivity index (χ4v) is 13.9. The number of benzene rings is 3. The van der Waals surface area contributed by atoms with Gasteiger partial charge in [0.05, 0.1) is 22.6 Å². The van der Waals surface area contributed by atoms with Crippen LogP contribution in [-0.2, 0) is 0 Å². The molecule has 4 heterocycles. The van der Waals surface area contributed by atoms with E-state index in [1.54, 1.807) is 3.51 Å². The van der Waals surface area contributed by atoms with Crippen molar-refractivity contribution in [3.63, 3.8) is 0 Å². The number of halogens is 2. The van der Waals surface area contributed by atoms with Crippen molar-refractivity contribution in [2.24, 2.45) is 17.8 Å². The summed E-state index contributed by atoms with van der Waals surface area (Å²) in [4.78, 5) is 7.86. The van der Waals surface area contributed by atoms with Gasteiger partial charge in [-0.05, 0) is 89.3 Å². The second kappa shape index (κ2) is 14.3. The van der Waals surface area contributed by atoms with Crippen LogP contribution in [0.1, 0.15) is 49.6 Å². The van der Waals surface area contributed by atoms with Crippen molar-refractivity contribution in [3.05, 3.63) is 193 Å². The third-order valence-electron chi connectivity index (χ3n) is 11.3. The lowest BCUT2D eigenvalue weighted by atomic mass is 9.83. The molecular formula is C49H41I2N3. The molecule has 2 aromatic heterocycles. The normalized spacial score (nSPS) is 23.4. The van der Waals surface area contributed by atoms with Gasteiger partial charge in [0, 0.05) is 37.5 Å². The maximum atomic E-state index is 5.33. The largest absolute Gasteiger partial charge is 0.311 e. The molecule has 0 fully saturated rings. The van der Waals surface area contributed by atoms with Gasteiger partial charge >= 0.3 is 0 Å². The molecule has 3 aliphatic carbocycles. The van der Waals surface area contributed by atoms with E-state index in [0.29, 0.717) is 23.7 Å². The zero-order valence-corrected chi connectivity index (χ0v) is 34.7. The minimum Gasteiger partial charge on any atom is -0.311 e. The van der Waals surface area contributed by atoms with E-state index >= 15 is 0 Å². The number of para-hydroxylation sites is 1. The van der Waals surface area contributed by atoms with Gasteiger partial charge in [-0.15, -0.1) is 0 Å². The molecule has 2 unspecified atom stereocenters. The lowest BCUT2D eigenvalue weighted by molar-refractivity contribution is 0.512. The average molecular weight is 926 g/mol. The molecular weight excluding hydrogens is 884 g/mol. The van der Waals surface area contributed by atoms with Crippen LogP contribution in [0.3, 0.4) is 0 Å². The van der Waals surface area contributed by atoms with E-state index in [-0.39, 0.29) is 41.5 Å². The van der Waals surface area contributed by atoms with E-state index in [2.05, 4.69) is 183 Å². The Bertz CT molecular complexity index is 2710. The van der Waals surface area contributed by atoms with Crippen molar-refractivity contribution in [3.8, 4) is 0 Å². The lowest BCUT2D eigenvalue weighted by Crippen LogP contribution is -2.26. The van der Waals surface area contributed by atoms with Gasteiger partial charge in [0.25, 0.3) is 0 Å². The molecule has 0 spiro atoms. The smallest absolute Gasteiger partial charge is 0.146 e. The van der Waals surface area contributed by atoms with E-state index in [9.17, 15) is 0 Å².